The Kier molecular flexibility index (Phi) is 6.10. The molecule has 186 valence electrons. The fourth-order valence-electron chi connectivity index (χ4n) is 6.54. The maximum Gasteiger partial charge on any atom is 0.191 e. The number of aryl methyl sites for hydroxylation is 2. The summed E-state index contributed by atoms with van der Waals surface area (Å²) in [5.41, 5.74) is 4.03. The normalized spacial score (nSPS) is 25.3. The van der Waals surface area contributed by atoms with Crippen LogP contribution in [-0.2, 0) is 11.8 Å². The van der Waals surface area contributed by atoms with E-state index in [4.69, 9.17) is 9.47 Å². The Morgan fingerprint density at radius 1 is 1.11 bits per heavy atom. The number of anilines is 1. The quantitative estimate of drug-likeness (QED) is 0.578. The number of fused-ring (bicyclic) bond motifs is 2. The first-order valence-electron chi connectivity index (χ1n) is 13.0. The second kappa shape index (κ2) is 9.39. The van der Waals surface area contributed by atoms with Crippen molar-refractivity contribution in [2.75, 3.05) is 45.3 Å². The van der Waals surface area contributed by atoms with Crippen LogP contribution in [0.15, 0.2) is 24.4 Å². The van der Waals surface area contributed by atoms with Crippen LogP contribution in [0.25, 0.3) is 22.2 Å². The molecule has 0 amide bonds. The van der Waals surface area contributed by atoms with Crippen molar-refractivity contribution in [2.24, 2.45) is 24.8 Å². The van der Waals surface area contributed by atoms with Gasteiger partial charge in [-0.15, -0.1) is 10.2 Å². The average molecular weight is 477 g/mol. The molecule has 2 aliphatic heterocycles. The first kappa shape index (κ1) is 22.7. The minimum absolute atomic E-state index is 0.428. The van der Waals surface area contributed by atoms with E-state index in [1.165, 1.54) is 45.3 Å². The zero-order chi connectivity index (χ0) is 23.9. The molecule has 0 spiro atoms. The fraction of sp³-hybridized carbons (Fsp3) is 0.593. The number of hydrogen-bond acceptors (Lipinski definition) is 7. The summed E-state index contributed by atoms with van der Waals surface area (Å²) in [6, 6.07) is 6.55. The van der Waals surface area contributed by atoms with E-state index in [2.05, 4.69) is 44.7 Å². The molecule has 1 N–H and O–H groups in total. The summed E-state index contributed by atoms with van der Waals surface area (Å²) in [7, 11) is 3.66. The minimum Gasteiger partial charge on any atom is -0.493 e. The number of likely N-dealkylation sites (tertiary alicyclic amines) is 1. The van der Waals surface area contributed by atoms with Crippen molar-refractivity contribution in [3.8, 4) is 17.0 Å². The molecule has 8 heteroatoms. The van der Waals surface area contributed by atoms with Crippen LogP contribution >= 0.6 is 0 Å². The first-order chi connectivity index (χ1) is 17.1. The fourth-order valence-corrected chi connectivity index (χ4v) is 6.54. The van der Waals surface area contributed by atoms with E-state index in [0.717, 1.165) is 70.3 Å². The predicted octanol–water partition coefficient (Wildman–Crippen LogP) is 3.90. The Morgan fingerprint density at radius 2 is 1.89 bits per heavy atom. The van der Waals surface area contributed by atoms with Gasteiger partial charge in [-0.3, -0.25) is 4.68 Å². The number of aromatic nitrogens is 4. The van der Waals surface area contributed by atoms with Gasteiger partial charge >= 0.3 is 0 Å². The Labute approximate surface area is 207 Å². The highest BCUT2D eigenvalue weighted by molar-refractivity contribution is 5.88. The van der Waals surface area contributed by atoms with Crippen LogP contribution in [0.4, 0.5) is 5.82 Å². The number of rotatable bonds is 6. The van der Waals surface area contributed by atoms with Gasteiger partial charge in [-0.25, -0.2) is 0 Å². The van der Waals surface area contributed by atoms with Gasteiger partial charge in [0, 0.05) is 69.2 Å². The van der Waals surface area contributed by atoms with Gasteiger partial charge in [0.1, 0.15) is 0 Å². The van der Waals surface area contributed by atoms with Crippen molar-refractivity contribution < 1.29 is 9.47 Å². The standard InChI is InChI=1S/C27H36N6O2/c1-17-22(4-5-24-23(17)16-32(2)31-24)25-12-26(34-3)27(30-29-25)28-21-10-19-14-33(15-20(19)11-21)13-18-6-8-35-9-7-18/h4-5,12,16,18-21H,6-11,13-15H2,1-3H3,(H,28,30)/t19-,20+,21?. The van der Waals surface area contributed by atoms with E-state index in [1.54, 1.807) is 7.11 Å². The lowest BCUT2D eigenvalue weighted by molar-refractivity contribution is 0.0545. The van der Waals surface area contributed by atoms with Gasteiger partial charge in [0.15, 0.2) is 11.6 Å². The van der Waals surface area contributed by atoms with Gasteiger partial charge in [0.05, 0.1) is 18.3 Å². The first-order valence-corrected chi connectivity index (χ1v) is 13.0. The van der Waals surface area contributed by atoms with Crippen LogP contribution in [0.2, 0.25) is 0 Å². The molecule has 35 heavy (non-hydrogen) atoms. The second-order valence-corrected chi connectivity index (χ2v) is 10.7. The third kappa shape index (κ3) is 4.49. The highest BCUT2D eigenvalue weighted by Crippen LogP contribution is 2.41. The summed E-state index contributed by atoms with van der Waals surface area (Å²) < 4.78 is 13.1. The van der Waals surface area contributed by atoms with Gasteiger partial charge in [0.25, 0.3) is 0 Å². The van der Waals surface area contributed by atoms with E-state index >= 15 is 0 Å². The molecule has 3 fully saturated rings. The molecule has 2 aromatic heterocycles. The van der Waals surface area contributed by atoms with Crippen LogP contribution in [-0.4, -0.2) is 70.9 Å². The number of methoxy groups -OCH3 is 1. The van der Waals surface area contributed by atoms with Crippen LogP contribution in [0.3, 0.4) is 0 Å². The molecule has 3 atom stereocenters. The molecular formula is C27H36N6O2. The lowest BCUT2D eigenvalue weighted by Crippen LogP contribution is -2.32. The molecule has 8 nitrogen and oxygen atoms in total. The van der Waals surface area contributed by atoms with E-state index < -0.39 is 0 Å². The molecule has 6 rings (SSSR count). The Bertz CT molecular complexity index is 1190. The molecule has 4 heterocycles. The van der Waals surface area contributed by atoms with Crippen LogP contribution in [0.1, 0.15) is 31.2 Å². The number of hydrogen-bond donors (Lipinski definition) is 1. The molecule has 3 aromatic rings. The number of ether oxygens (including phenoxy) is 2. The molecule has 1 aromatic carbocycles. The van der Waals surface area contributed by atoms with E-state index in [9.17, 15) is 0 Å². The van der Waals surface area contributed by atoms with Crippen LogP contribution in [0, 0.1) is 24.7 Å². The summed E-state index contributed by atoms with van der Waals surface area (Å²) in [4.78, 5) is 2.71. The third-order valence-corrected chi connectivity index (χ3v) is 8.35. The van der Waals surface area contributed by atoms with Crippen LogP contribution < -0.4 is 10.1 Å². The molecule has 1 aliphatic carbocycles. The lowest BCUT2D eigenvalue weighted by atomic mass is 10.00. The van der Waals surface area contributed by atoms with Gasteiger partial charge < -0.3 is 19.7 Å². The zero-order valence-corrected chi connectivity index (χ0v) is 21.0. The van der Waals surface area contributed by atoms with Crippen LogP contribution in [0.5, 0.6) is 5.75 Å². The van der Waals surface area contributed by atoms with E-state index in [-0.39, 0.29) is 0 Å². The molecule has 0 bridgehead atoms. The van der Waals surface area contributed by atoms with E-state index in [0.29, 0.717) is 6.04 Å². The van der Waals surface area contributed by atoms with Crippen molar-refractivity contribution in [3.05, 3.63) is 30.0 Å². The Balaban J connectivity index is 1.12. The SMILES string of the molecule is COc1cc(-c2ccc3nn(C)cc3c2C)nnc1NC1C[C@@H]2CN(CC3CCOCC3)C[C@@H]2C1. The number of nitrogens with zero attached hydrogens (tertiary/aromatic N) is 5. The van der Waals surface area contributed by atoms with Gasteiger partial charge in [-0.05, 0) is 62.0 Å². The average Bonchev–Trinajstić information content (AvgIpc) is 3.53. The third-order valence-electron chi connectivity index (χ3n) is 8.35. The molecular weight excluding hydrogens is 440 g/mol. The van der Waals surface area contributed by atoms with Crippen molar-refractivity contribution in [3.63, 3.8) is 0 Å². The number of nitrogens with one attached hydrogen (secondary N) is 1. The molecule has 1 saturated carbocycles. The lowest BCUT2D eigenvalue weighted by Gasteiger charge is -2.27. The maximum atomic E-state index is 5.74. The van der Waals surface area contributed by atoms with E-state index in [1.807, 2.05) is 23.9 Å². The zero-order valence-electron chi connectivity index (χ0n) is 21.0. The smallest absolute Gasteiger partial charge is 0.191 e. The molecule has 0 radical (unpaired) electrons. The molecule has 2 saturated heterocycles. The van der Waals surface area contributed by atoms with Crippen molar-refractivity contribution in [1.82, 2.24) is 24.9 Å². The summed E-state index contributed by atoms with van der Waals surface area (Å²) in [6.07, 6.45) is 6.88. The highest BCUT2D eigenvalue weighted by Gasteiger charge is 2.41. The Morgan fingerprint density at radius 3 is 2.63 bits per heavy atom. The van der Waals surface area contributed by atoms with Gasteiger partial charge in [0.2, 0.25) is 0 Å². The largest absolute Gasteiger partial charge is 0.493 e. The van der Waals surface area contributed by atoms with Crippen molar-refractivity contribution in [2.45, 2.75) is 38.6 Å². The van der Waals surface area contributed by atoms with Crippen molar-refractivity contribution >= 4 is 16.7 Å². The maximum absolute atomic E-state index is 5.74. The molecule has 3 aliphatic rings. The van der Waals surface area contributed by atoms with Crippen molar-refractivity contribution in [1.29, 1.82) is 0 Å². The minimum atomic E-state index is 0.428. The van der Waals surface area contributed by atoms with Gasteiger partial charge in [-0.2, -0.15) is 5.10 Å². The Hall–Kier alpha value is -2.71. The number of benzene rings is 1. The summed E-state index contributed by atoms with van der Waals surface area (Å²) in [5.74, 6) is 3.87. The predicted molar refractivity (Wildman–Crippen MR) is 137 cm³/mol. The summed E-state index contributed by atoms with van der Waals surface area (Å²) >= 11 is 0. The molecule has 1 unspecified atom stereocenters. The summed E-state index contributed by atoms with van der Waals surface area (Å²) in [6.45, 7) is 7.71. The highest BCUT2D eigenvalue weighted by atomic mass is 16.5. The monoisotopic (exact) mass is 476 g/mol. The summed E-state index contributed by atoms with van der Waals surface area (Å²) in [5, 5.41) is 18.5. The van der Waals surface area contributed by atoms with Gasteiger partial charge in [-0.1, -0.05) is 6.07 Å². The second-order valence-electron chi connectivity index (χ2n) is 10.7. The topological polar surface area (TPSA) is 77.3 Å².